The molecule has 0 saturated carbocycles. The van der Waals surface area contributed by atoms with E-state index < -0.39 is 41.5 Å². The first-order valence-electron chi connectivity index (χ1n) is 14.7. The van der Waals surface area contributed by atoms with E-state index in [-0.39, 0.29) is 49.3 Å². The van der Waals surface area contributed by atoms with Crippen LogP contribution < -0.4 is 0 Å². The van der Waals surface area contributed by atoms with Crippen molar-refractivity contribution in [3.63, 3.8) is 0 Å². The average molecular weight is 579 g/mol. The average Bonchev–Trinajstić information content (AvgIpc) is 3.27. The first-order chi connectivity index (χ1) is 19.1. The van der Waals surface area contributed by atoms with Gasteiger partial charge in [-0.2, -0.15) is 0 Å². The Bertz CT molecular complexity index is 997. The summed E-state index contributed by atoms with van der Waals surface area (Å²) in [7, 11) is 0. The second kappa shape index (κ2) is 15.1. The van der Waals surface area contributed by atoms with Crippen molar-refractivity contribution in [1.82, 2.24) is 0 Å². The normalized spacial score (nSPS) is 36.0. The van der Waals surface area contributed by atoms with Crippen molar-refractivity contribution in [2.24, 2.45) is 11.8 Å². The lowest BCUT2D eigenvalue weighted by Crippen LogP contribution is -2.42. The summed E-state index contributed by atoms with van der Waals surface area (Å²) >= 11 is 0. The van der Waals surface area contributed by atoms with Gasteiger partial charge in [0.1, 0.15) is 23.9 Å². The number of carbonyl (C=O) groups is 3. The Balaban J connectivity index is 2.22. The summed E-state index contributed by atoms with van der Waals surface area (Å²) in [6.07, 6.45) is 8.82. The SMILES string of the molecule is CCC(OC(C)=O)C(C)C1CCC(C)(/C=C/C=C(\C)C2OC(=O)CC(O)CCC(C)(O)C(OC(C)=O)/C=C/C2C)O1. The molecule has 232 valence electrons. The fourth-order valence-corrected chi connectivity index (χ4v) is 5.53. The molecule has 0 aliphatic carbocycles. The van der Waals surface area contributed by atoms with Crippen LogP contribution >= 0.6 is 0 Å². The molecular weight excluding hydrogens is 528 g/mol. The largest absolute Gasteiger partial charge is 0.462 e. The molecule has 0 amide bonds. The lowest BCUT2D eigenvalue weighted by Gasteiger charge is -2.32. The molecular formula is C32H50O9. The van der Waals surface area contributed by atoms with Crippen LogP contribution in [-0.4, -0.2) is 69.8 Å². The van der Waals surface area contributed by atoms with Crippen LogP contribution in [0.3, 0.4) is 0 Å². The van der Waals surface area contributed by atoms with Gasteiger partial charge in [-0.3, -0.25) is 14.4 Å². The molecule has 2 aliphatic heterocycles. The molecule has 0 aromatic carbocycles. The number of esters is 3. The van der Waals surface area contributed by atoms with E-state index in [2.05, 4.69) is 6.92 Å². The molecule has 1 fully saturated rings. The standard InChI is InChI=1S/C32H50O9/c1-9-26(38-23(5)33)22(4)27-15-17-31(7,41-27)16-10-11-20(2)30-21(3)12-13-28(39-24(6)34)32(8,37)18-14-25(35)19-29(36)40-30/h10-13,16,21-22,25-28,30,35,37H,9,14-15,17-19H2,1-8H3/b13-12+,16-10+,20-11+. The van der Waals surface area contributed by atoms with Gasteiger partial charge < -0.3 is 29.2 Å². The molecule has 9 heteroatoms. The minimum atomic E-state index is -1.42. The lowest BCUT2D eigenvalue weighted by atomic mass is 9.88. The monoisotopic (exact) mass is 578 g/mol. The van der Waals surface area contributed by atoms with Gasteiger partial charge in [0.25, 0.3) is 0 Å². The van der Waals surface area contributed by atoms with E-state index in [1.807, 2.05) is 45.9 Å². The third-order valence-electron chi connectivity index (χ3n) is 8.11. The summed E-state index contributed by atoms with van der Waals surface area (Å²) in [4.78, 5) is 35.9. The van der Waals surface area contributed by atoms with E-state index in [1.54, 1.807) is 19.1 Å². The van der Waals surface area contributed by atoms with Gasteiger partial charge >= 0.3 is 17.9 Å². The Morgan fingerprint density at radius 2 is 1.83 bits per heavy atom. The zero-order chi connectivity index (χ0) is 31.0. The highest BCUT2D eigenvalue weighted by atomic mass is 16.6. The van der Waals surface area contributed by atoms with Crippen LogP contribution in [-0.2, 0) is 33.3 Å². The number of allylic oxidation sites excluding steroid dienone is 2. The van der Waals surface area contributed by atoms with Crippen LogP contribution in [0, 0.1) is 11.8 Å². The molecule has 1 saturated heterocycles. The van der Waals surface area contributed by atoms with E-state index in [0.717, 1.165) is 24.8 Å². The Labute approximate surface area is 244 Å². The molecule has 2 aliphatic rings. The summed E-state index contributed by atoms with van der Waals surface area (Å²) in [6, 6.07) is 0. The molecule has 0 radical (unpaired) electrons. The van der Waals surface area contributed by atoms with Gasteiger partial charge in [-0.1, -0.05) is 45.1 Å². The van der Waals surface area contributed by atoms with Crippen molar-refractivity contribution in [2.45, 2.75) is 136 Å². The van der Waals surface area contributed by atoms with Gasteiger partial charge in [-0.05, 0) is 64.5 Å². The van der Waals surface area contributed by atoms with Crippen LogP contribution in [0.1, 0.15) is 93.9 Å². The molecule has 0 aromatic heterocycles. The maximum absolute atomic E-state index is 12.7. The molecule has 0 aromatic rings. The molecule has 9 nitrogen and oxygen atoms in total. The van der Waals surface area contributed by atoms with Crippen LogP contribution in [0.4, 0.5) is 0 Å². The van der Waals surface area contributed by atoms with Crippen molar-refractivity contribution in [2.75, 3.05) is 0 Å². The minimum absolute atomic E-state index is 0.0368. The number of ether oxygens (including phenoxy) is 4. The smallest absolute Gasteiger partial charge is 0.309 e. The zero-order valence-electron chi connectivity index (χ0n) is 25.9. The van der Waals surface area contributed by atoms with Crippen LogP contribution in [0.25, 0.3) is 0 Å². The molecule has 2 N–H and O–H groups in total. The van der Waals surface area contributed by atoms with Gasteiger partial charge in [0.2, 0.25) is 0 Å². The fraction of sp³-hybridized carbons (Fsp3) is 0.719. The fourth-order valence-electron chi connectivity index (χ4n) is 5.53. The number of hydrogen-bond acceptors (Lipinski definition) is 9. The summed E-state index contributed by atoms with van der Waals surface area (Å²) < 4.78 is 23.1. The summed E-state index contributed by atoms with van der Waals surface area (Å²) in [5, 5.41) is 21.4. The first kappa shape index (κ1) is 34.7. The predicted molar refractivity (Wildman–Crippen MR) is 155 cm³/mol. The van der Waals surface area contributed by atoms with Crippen molar-refractivity contribution in [3.05, 3.63) is 36.0 Å². The van der Waals surface area contributed by atoms with Gasteiger partial charge in [0, 0.05) is 25.7 Å². The second-order valence-corrected chi connectivity index (χ2v) is 12.1. The molecule has 0 bridgehead atoms. The Kier molecular flexibility index (Phi) is 12.8. The highest BCUT2D eigenvalue weighted by Crippen LogP contribution is 2.37. The minimum Gasteiger partial charge on any atom is -0.462 e. The third kappa shape index (κ3) is 10.7. The second-order valence-electron chi connectivity index (χ2n) is 12.1. The van der Waals surface area contributed by atoms with E-state index in [4.69, 9.17) is 18.9 Å². The summed E-state index contributed by atoms with van der Waals surface area (Å²) in [5.41, 5.74) is -1.14. The Morgan fingerprint density at radius 3 is 2.44 bits per heavy atom. The van der Waals surface area contributed by atoms with Crippen molar-refractivity contribution in [1.29, 1.82) is 0 Å². The van der Waals surface area contributed by atoms with Gasteiger partial charge in [-0.15, -0.1) is 0 Å². The number of carbonyl (C=O) groups excluding carboxylic acids is 3. The van der Waals surface area contributed by atoms with Crippen LogP contribution in [0.2, 0.25) is 0 Å². The maximum Gasteiger partial charge on any atom is 0.309 e. The highest BCUT2D eigenvalue weighted by molar-refractivity contribution is 5.70. The van der Waals surface area contributed by atoms with Crippen molar-refractivity contribution in [3.8, 4) is 0 Å². The molecule has 2 rings (SSSR count). The van der Waals surface area contributed by atoms with E-state index in [0.29, 0.717) is 0 Å². The molecule has 41 heavy (non-hydrogen) atoms. The topological polar surface area (TPSA) is 129 Å². The maximum atomic E-state index is 12.7. The number of aliphatic hydroxyl groups excluding tert-OH is 1. The van der Waals surface area contributed by atoms with Crippen molar-refractivity contribution < 1.29 is 43.5 Å². The predicted octanol–water partition coefficient (Wildman–Crippen LogP) is 4.74. The highest BCUT2D eigenvalue weighted by Gasteiger charge is 2.39. The number of hydrogen-bond donors (Lipinski definition) is 2. The van der Waals surface area contributed by atoms with E-state index in [9.17, 15) is 24.6 Å². The molecule has 2 heterocycles. The zero-order valence-corrected chi connectivity index (χ0v) is 25.9. The molecule has 9 unspecified atom stereocenters. The van der Waals surface area contributed by atoms with E-state index in [1.165, 1.54) is 13.8 Å². The summed E-state index contributed by atoms with van der Waals surface area (Å²) in [6.45, 7) is 14.1. The quantitative estimate of drug-likeness (QED) is 0.182. The van der Waals surface area contributed by atoms with Gasteiger partial charge in [0.05, 0.1) is 24.2 Å². The van der Waals surface area contributed by atoms with E-state index >= 15 is 0 Å². The van der Waals surface area contributed by atoms with Crippen molar-refractivity contribution >= 4 is 17.9 Å². The number of aliphatic hydroxyl groups is 2. The Hall–Kier alpha value is -2.49. The number of cyclic esters (lactones) is 1. The lowest BCUT2D eigenvalue weighted by molar-refractivity contribution is -0.157. The third-order valence-corrected chi connectivity index (χ3v) is 8.11. The van der Waals surface area contributed by atoms with Gasteiger partial charge in [-0.25, -0.2) is 0 Å². The summed E-state index contributed by atoms with van der Waals surface area (Å²) in [5.74, 6) is -1.60. The van der Waals surface area contributed by atoms with Crippen LogP contribution in [0.15, 0.2) is 36.0 Å². The molecule has 9 atom stereocenters. The molecule has 0 spiro atoms. The van der Waals surface area contributed by atoms with Crippen LogP contribution in [0.5, 0.6) is 0 Å². The first-order valence-corrected chi connectivity index (χ1v) is 14.7. The Morgan fingerprint density at radius 1 is 1.15 bits per heavy atom. The number of rotatable bonds is 8. The van der Waals surface area contributed by atoms with Gasteiger partial charge in [0.15, 0.2) is 0 Å².